The van der Waals surface area contributed by atoms with Gasteiger partial charge in [0, 0.05) is 12.4 Å². The number of hydrogen-bond donors (Lipinski definition) is 0. The fraction of sp³-hybridized carbons (Fsp3) is 0.238. The van der Waals surface area contributed by atoms with Gasteiger partial charge in [0.15, 0.2) is 11.5 Å². The molecule has 0 atom stereocenters. The standard InChI is InChI=1S/C21H20ClNO4S/c1-3-8-27-20-15(22)10-13(11-17(20)26-2)9-14(12-19(24)25)21-23-16-6-4-5-7-18(16)28-21/h4-7,9-11H,3,8,12H2,1-2H3,(H,24,25)/p-1/b14-9+. The number of hydrogen-bond acceptors (Lipinski definition) is 6. The molecule has 1 heterocycles. The molecule has 5 nitrogen and oxygen atoms in total. The summed E-state index contributed by atoms with van der Waals surface area (Å²) >= 11 is 7.81. The Bertz CT molecular complexity index is 995. The third kappa shape index (κ3) is 4.64. The molecule has 28 heavy (non-hydrogen) atoms. The first kappa shape index (κ1) is 20.2. The molecule has 0 aliphatic rings. The number of rotatable bonds is 8. The lowest BCUT2D eigenvalue weighted by atomic mass is 10.1. The van der Waals surface area contributed by atoms with Gasteiger partial charge in [-0.25, -0.2) is 4.98 Å². The van der Waals surface area contributed by atoms with Crippen molar-refractivity contribution in [2.75, 3.05) is 13.7 Å². The van der Waals surface area contributed by atoms with Gasteiger partial charge in [0.1, 0.15) is 5.01 Å². The monoisotopic (exact) mass is 416 g/mol. The Balaban J connectivity index is 2.05. The summed E-state index contributed by atoms with van der Waals surface area (Å²) in [6, 6.07) is 11.1. The number of fused-ring (bicyclic) bond motifs is 1. The normalized spacial score (nSPS) is 11.6. The largest absolute Gasteiger partial charge is 0.550 e. The van der Waals surface area contributed by atoms with Crippen molar-refractivity contribution in [2.24, 2.45) is 0 Å². The number of halogens is 1. The SMILES string of the molecule is CCCOc1c(Cl)cc(/C=C(\CC(=O)[O-])c2nc3ccccc3s2)cc1OC. The quantitative estimate of drug-likeness (QED) is 0.543. The number of thiazole rings is 1. The van der Waals surface area contributed by atoms with Crippen molar-refractivity contribution < 1.29 is 19.4 Å². The number of aromatic nitrogens is 1. The van der Waals surface area contributed by atoms with Crippen LogP contribution in [0.5, 0.6) is 11.5 Å². The fourth-order valence-electron chi connectivity index (χ4n) is 2.72. The molecule has 3 rings (SSSR count). The second-order valence-electron chi connectivity index (χ2n) is 6.09. The smallest absolute Gasteiger partial charge is 0.179 e. The molecule has 0 bridgehead atoms. The van der Waals surface area contributed by atoms with E-state index in [-0.39, 0.29) is 6.42 Å². The van der Waals surface area contributed by atoms with E-state index in [4.69, 9.17) is 21.1 Å². The van der Waals surface area contributed by atoms with E-state index in [9.17, 15) is 9.90 Å². The average Bonchev–Trinajstić information content (AvgIpc) is 3.10. The third-order valence-electron chi connectivity index (χ3n) is 3.95. The predicted octanol–water partition coefficient (Wildman–Crippen LogP) is 4.43. The van der Waals surface area contributed by atoms with Gasteiger partial charge in [-0.15, -0.1) is 11.3 Å². The molecule has 7 heteroatoms. The molecule has 0 N–H and O–H groups in total. The minimum absolute atomic E-state index is 0.256. The lowest BCUT2D eigenvalue weighted by molar-refractivity contribution is -0.304. The summed E-state index contributed by atoms with van der Waals surface area (Å²) in [5.41, 5.74) is 2.06. The highest BCUT2D eigenvalue weighted by Crippen LogP contribution is 2.38. The highest BCUT2D eigenvalue weighted by atomic mass is 35.5. The van der Waals surface area contributed by atoms with Gasteiger partial charge in [-0.2, -0.15) is 0 Å². The van der Waals surface area contributed by atoms with E-state index in [1.54, 1.807) is 18.2 Å². The molecule has 0 aliphatic heterocycles. The Morgan fingerprint density at radius 1 is 1.32 bits per heavy atom. The topological polar surface area (TPSA) is 71.5 Å². The van der Waals surface area contributed by atoms with Gasteiger partial charge in [-0.05, 0) is 47.9 Å². The maximum absolute atomic E-state index is 11.3. The summed E-state index contributed by atoms with van der Waals surface area (Å²) in [5, 5.41) is 12.3. The molecule has 0 aliphatic carbocycles. The van der Waals surface area contributed by atoms with Crippen molar-refractivity contribution in [2.45, 2.75) is 19.8 Å². The summed E-state index contributed by atoms with van der Waals surface area (Å²) in [4.78, 5) is 15.9. The molecular weight excluding hydrogens is 398 g/mol. The Morgan fingerprint density at radius 2 is 2.11 bits per heavy atom. The number of benzene rings is 2. The molecule has 0 spiro atoms. The fourth-order valence-corrected chi connectivity index (χ4v) is 3.97. The Morgan fingerprint density at radius 3 is 2.79 bits per heavy atom. The number of carboxylic acid groups (broad SMARTS) is 1. The molecule has 2 aromatic carbocycles. The van der Waals surface area contributed by atoms with Crippen LogP contribution in [0, 0.1) is 0 Å². The summed E-state index contributed by atoms with van der Waals surface area (Å²) in [5.74, 6) is -0.208. The lowest BCUT2D eigenvalue weighted by Crippen LogP contribution is -2.22. The van der Waals surface area contributed by atoms with Crippen LogP contribution in [0.15, 0.2) is 36.4 Å². The second kappa shape index (κ2) is 9.08. The van der Waals surface area contributed by atoms with Crippen molar-refractivity contribution in [3.63, 3.8) is 0 Å². The average molecular weight is 417 g/mol. The van der Waals surface area contributed by atoms with Gasteiger partial charge in [-0.3, -0.25) is 0 Å². The number of aliphatic carboxylic acids is 1. The van der Waals surface area contributed by atoms with E-state index < -0.39 is 5.97 Å². The maximum Gasteiger partial charge on any atom is 0.179 e. The van der Waals surface area contributed by atoms with E-state index in [0.717, 1.165) is 16.6 Å². The van der Waals surface area contributed by atoms with Crippen molar-refractivity contribution in [3.05, 3.63) is 52.0 Å². The second-order valence-corrected chi connectivity index (χ2v) is 7.53. The minimum Gasteiger partial charge on any atom is -0.550 e. The summed E-state index contributed by atoms with van der Waals surface area (Å²) < 4.78 is 12.1. The van der Waals surface area contributed by atoms with Crippen LogP contribution in [-0.4, -0.2) is 24.7 Å². The number of carboxylic acids is 1. The summed E-state index contributed by atoms with van der Waals surface area (Å²) in [7, 11) is 1.54. The van der Waals surface area contributed by atoms with Crippen LogP contribution in [0.1, 0.15) is 30.3 Å². The Hall–Kier alpha value is -2.57. The molecule has 146 valence electrons. The van der Waals surface area contributed by atoms with E-state index in [1.165, 1.54) is 18.4 Å². The Kier molecular flexibility index (Phi) is 6.54. The van der Waals surface area contributed by atoms with Crippen LogP contribution in [0.3, 0.4) is 0 Å². The van der Waals surface area contributed by atoms with Crippen molar-refractivity contribution in [1.29, 1.82) is 0 Å². The minimum atomic E-state index is -1.17. The van der Waals surface area contributed by atoms with E-state index in [0.29, 0.717) is 39.3 Å². The van der Waals surface area contributed by atoms with Crippen LogP contribution in [0.4, 0.5) is 0 Å². The molecular formula is C21H19ClNO4S-. The Labute approximate surface area is 172 Å². The third-order valence-corrected chi connectivity index (χ3v) is 5.34. The molecule has 3 aromatic rings. The first-order valence-corrected chi connectivity index (χ1v) is 9.98. The van der Waals surface area contributed by atoms with Gasteiger partial charge in [-0.1, -0.05) is 30.7 Å². The summed E-state index contributed by atoms with van der Waals surface area (Å²) in [6.07, 6.45) is 2.33. The molecule has 0 amide bonds. The maximum atomic E-state index is 11.3. The van der Waals surface area contributed by atoms with E-state index >= 15 is 0 Å². The lowest BCUT2D eigenvalue weighted by Gasteiger charge is -2.13. The van der Waals surface area contributed by atoms with Gasteiger partial charge < -0.3 is 19.4 Å². The van der Waals surface area contributed by atoms with Crippen molar-refractivity contribution in [1.82, 2.24) is 4.98 Å². The summed E-state index contributed by atoms with van der Waals surface area (Å²) in [6.45, 7) is 2.52. The van der Waals surface area contributed by atoms with Gasteiger partial charge in [0.25, 0.3) is 0 Å². The zero-order valence-electron chi connectivity index (χ0n) is 15.5. The van der Waals surface area contributed by atoms with Crippen LogP contribution in [0.2, 0.25) is 5.02 Å². The van der Waals surface area contributed by atoms with Gasteiger partial charge in [0.05, 0.1) is 29.0 Å². The molecule has 0 saturated carbocycles. The van der Waals surface area contributed by atoms with Crippen molar-refractivity contribution >= 4 is 50.8 Å². The van der Waals surface area contributed by atoms with Gasteiger partial charge in [0.2, 0.25) is 0 Å². The number of carbonyl (C=O) groups is 1. The van der Waals surface area contributed by atoms with E-state index in [2.05, 4.69) is 4.98 Å². The molecule has 1 aromatic heterocycles. The molecule has 0 fully saturated rings. The van der Waals surface area contributed by atoms with Crippen LogP contribution in [0.25, 0.3) is 21.9 Å². The number of methoxy groups -OCH3 is 1. The van der Waals surface area contributed by atoms with Crippen LogP contribution in [-0.2, 0) is 4.79 Å². The van der Waals surface area contributed by atoms with Crippen LogP contribution >= 0.6 is 22.9 Å². The predicted molar refractivity (Wildman–Crippen MR) is 111 cm³/mol. The number of ether oxygens (including phenoxy) is 2. The number of carbonyl (C=O) groups excluding carboxylic acids is 1. The molecule has 0 saturated heterocycles. The van der Waals surface area contributed by atoms with Crippen LogP contribution < -0.4 is 14.6 Å². The zero-order chi connectivity index (χ0) is 20.1. The highest BCUT2D eigenvalue weighted by molar-refractivity contribution is 7.19. The van der Waals surface area contributed by atoms with Gasteiger partial charge >= 0.3 is 0 Å². The molecule has 0 radical (unpaired) electrons. The van der Waals surface area contributed by atoms with E-state index in [1.807, 2.05) is 31.2 Å². The first-order chi connectivity index (χ1) is 13.5. The number of para-hydroxylation sites is 1. The zero-order valence-corrected chi connectivity index (χ0v) is 17.1. The molecule has 0 unspecified atom stereocenters. The number of nitrogens with zero attached hydrogens (tertiary/aromatic N) is 1. The first-order valence-electron chi connectivity index (χ1n) is 8.78. The van der Waals surface area contributed by atoms with Crippen molar-refractivity contribution in [3.8, 4) is 11.5 Å². The highest BCUT2D eigenvalue weighted by Gasteiger charge is 2.14.